The van der Waals surface area contributed by atoms with Gasteiger partial charge in [-0.25, -0.2) is 0 Å². The Morgan fingerprint density at radius 2 is 1.12 bits per heavy atom. The van der Waals surface area contributed by atoms with Crippen LogP contribution in [0.2, 0.25) is 0 Å². The number of carbonyl (C=O) groups is 7. The number of para-hydroxylation sites is 1. The molecule has 0 radical (unpaired) electrons. The van der Waals surface area contributed by atoms with Crippen molar-refractivity contribution in [2.24, 2.45) is 46.2 Å². The molecule has 3 aromatic rings. The highest BCUT2D eigenvalue weighted by Gasteiger charge is 2.20. The SMILES string of the molecule is CC(C)C[C@H](N)C(=O)O.CC(C)[C@H](N)C(=O)O.CSCC[C@H](N)C(=O)O.C[C@H](N)C(=O)O.N[C@@H](Cc1c[nH]c2ccccc12)C(=O)O.N[C@@H](Cc1ccccc1)C(=O)O.O=C(O)[C@@H]1CCCN1. The third-order valence-corrected chi connectivity index (χ3v) is 9.44. The summed E-state index contributed by atoms with van der Waals surface area (Å²) in [7, 11) is 0. The highest BCUT2D eigenvalue weighted by molar-refractivity contribution is 7.98. The fourth-order valence-corrected chi connectivity index (χ4v) is 5.23. The first-order chi connectivity index (χ1) is 31.1. The molecule has 2 heterocycles. The van der Waals surface area contributed by atoms with Crippen LogP contribution in [0.1, 0.15) is 71.4 Å². The summed E-state index contributed by atoms with van der Waals surface area (Å²) in [6, 6.07) is 12.4. The zero-order chi connectivity index (χ0) is 52.4. The first kappa shape index (κ1) is 65.6. The average molecular weight is 971 g/mol. The van der Waals surface area contributed by atoms with Gasteiger partial charge >= 0.3 is 41.8 Å². The van der Waals surface area contributed by atoms with Gasteiger partial charge < -0.3 is 80.4 Å². The molecule has 4 rings (SSSR count). The van der Waals surface area contributed by atoms with Crippen molar-refractivity contribution >= 4 is 64.4 Å². The van der Waals surface area contributed by atoms with Gasteiger partial charge in [0.05, 0.1) is 0 Å². The van der Waals surface area contributed by atoms with E-state index in [2.05, 4.69) is 10.3 Å². The quantitative estimate of drug-likeness (QED) is 0.0914. The van der Waals surface area contributed by atoms with Crippen LogP contribution in [0.25, 0.3) is 10.9 Å². The summed E-state index contributed by atoms with van der Waals surface area (Å²) in [5.74, 6) is -5.18. The molecular formula is C44H74N8O14S. The topological polar surface area (TPSA) is 445 Å². The van der Waals surface area contributed by atoms with E-state index in [9.17, 15) is 33.6 Å². The van der Waals surface area contributed by atoms with Gasteiger partial charge in [-0.1, -0.05) is 76.2 Å². The highest BCUT2D eigenvalue weighted by Crippen LogP contribution is 2.18. The fourth-order valence-electron chi connectivity index (χ4n) is 4.74. The van der Waals surface area contributed by atoms with Crippen LogP contribution >= 0.6 is 11.8 Å². The van der Waals surface area contributed by atoms with Gasteiger partial charge in [0.15, 0.2) is 0 Å². The monoisotopic (exact) mass is 971 g/mol. The number of hydrogen-bond acceptors (Lipinski definition) is 15. The molecule has 23 heteroatoms. The number of carboxylic acids is 7. The van der Waals surface area contributed by atoms with Crippen LogP contribution in [-0.4, -0.2) is 143 Å². The van der Waals surface area contributed by atoms with E-state index in [-0.39, 0.29) is 12.0 Å². The van der Waals surface area contributed by atoms with Crippen molar-refractivity contribution in [3.8, 4) is 0 Å². The smallest absolute Gasteiger partial charge is 0.320 e. The Morgan fingerprint density at radius 1 is 0.642 bits per heavy atom. The van der Waals surface area contributed by atoms with Crippen molar-refractivity contribution in [2.45, 2.75) is 115 Å². The Hall–Kier alpha value is -5.66. The Bertz CT molecular complexity index is 1870. The zero-order valence-electron chi connectivity index (χ0n) is 39.0. The molecule has 0 spiro atoms. The number of aromatic nitrogens is 1. The fraction of sp³-hybridized carbons (Fsp3) is 0.523. The lowest BCUT2D eigenvalue weighted by molar-refractivity contribution is -0.140. The molecule has 7 atom stereocenters. The maximum atomic E-state index is 10.6. The molecule has 1 aromatic heterocycles. The third-order valence-electron chi connectivity index (χ3n) is 8.79. The molecule has 0 unspecified atom stereocenters. The lowest BCUT2D eigenvalue weighted by Crippen LogP contribution is -2.34. The maximum absolute atomic E-state index is 10.6. The zero-order valence-corrected chi connectivity index (χ0v) is 39.8. The Kier molecular flexibility index (Phi) is 36.7. The molecule has 21 N–H and O–H groups in total. The number of nitrogens with one attached hydrogen (secondary N) is 2. The third kappa shape index (κ3) is 34.3. The molecule has 1 saturated heterocycles. The van der Waals surface area contributed by atoms with Crippen LogP contribution in [-0.2, 0) is 46.4 Å². The summed E-state index contributed by atoms with van der Waals surface area (Å²) in [5.41, 5.74) is 34.1. The first-order valence-corrected chi connectivity index (χ1v) is 22.4. The van der Waals surface area contributed by atoms with Crippen molar-refractivity contribution in [3.05, 3.63) is 71.9 Å². The average Bonchev–Trinajstić information content (AvgIpc) is 3.95. The number of aromatic amines is 1. The van der Waals surface area contributed by atoms with E-state index in [1.807, 2.05) is 80.9 Å². The number of benzene rings is 2. The predicted octanol–water partition coefficient (Wildman–Crippen LogP) is 1.65. The van der Waals surface area contributed by atoms with Crippen LogP contribution in [0.3, 0.4) is 0 Å². The molecule has 2 aromatic carbocycles. The number of H-pyrrole nitrogens is 1. The van der Waals surface area contributed by atoms with Gasteiger partial charge in [-0.15, -0.1) is 0 Å². The van der Waals surface area contributed by atoms with Crippen molar-refractivity contribution in [1.29, 1.82) is 0 Å². The molecule has 0 bridgehead atoms. The van der Waals surface area contributed by atoms with Crippen LogP contribution in [0.4, 0.5) is 0 Å². The predicted molar refractivity (Wildman–Crippen MR) is 257 cm³/mol. The second-order valence-corrected chi connectivity index (χ2v) is 16.7. The van der Waals surface area contributed by atoms with Gasteiger partial charge in [0.2, 0.25) is 0 Å². The van der Waals surface area contributed by atoms with Crippen molar-refractivity contribution < 1.29 is 69.3 Å². The van der Waals surface area contributed by atoms with Crippen LogP contribution < -0.4 is 39.7 Å². The van der Waals surface area contributed by atoms with Crippen LogP contribution in [0.5, 0.6) is 0 Å². The molecular weight excluding hydrogens is 897 g/mol. The Balaban J connectivity index is -0.000000728. The number of aliphatic carboxylic acids is 7. The van der Waals surface area contributed by atoms with Gasteiger partial charge in [-0.05, 0) is 86.6 Å². The second kappa shape index (κ2) is 37.4. The van der Waals surface area contributed by atoms with E-state index in [4.69, 9.17) is 70.1 Å². The lowest BCUT2D eigenvalue weighted by atomic mass is 10.1. The molecule has 0 amide bonds. The standard InChI is InChI=1S/C11H12N2O2.C9H11NO2.C6H13NO2.C5H11NO2S.C5H9NO2.C5H11NO2.C3H7NO2/c12-9(11(14)15)5-7-6-13-10-4-2-1-3-8(7)10;10-8(9(11)12)6-7-4-2-1-3-5-7;1-4(2)3-5(7)6(8)9;1-9-3-2-4(6)5(7)8;7-5(8)4-2-1-3-6-4;1-3(2)4(6)5(7)8;1-2(4)3(5)6/h1-4,6,9,13H,5,12H2,(H,14,15);1-5,8H,6,10H2,(H,11,12);4-5H,3,7H2,1-2H3,(H,8,9);4H,2-3,6H2,1H3,(H,7,8);4,6H,1-3H2,(H,7,8);3-4H,6H2,1-2H3,(H,7,8);2H,4H2,1H3,(H,5,6)/t9-;8-;5-;3*4-;2-/m0000000/s1. The summed E-state index contributed by atoms with van der Waals surface area (Å²) in [4.78, 5) is 74.0. The van der Waals surface area contributed by atoms with Gasteiger partial charge in [0.25, 0.3) is 0 Å². The number of thioether (sulfide) groups is 1. The molecule has 0 aliphatic carbocycles. The van der Waals surface area contributed by atoms with Gasteiger partial charge in [0, 0.05) is 23.5 Å². The van der Waals surface area contributed by atoms with Gasteiger partial charge in [0.1, 0.15) is 42.3 Å². The van der Waals surface area contributed by atoms with E-state index in [1.165, 1.54) is 6.92 Å². The largest absolute Gasteiger partial charge is 0.480 e. The van der Waals surface area contributed by atoms with Crippen molar-refractivity contribution in [1.82, 2.24) is 10.3 Å². The number of fused-ring (bicyclic) bond motifs is 1. The highest BCUT2D eigenvalue weighted by atomic mass is 32.2. The van der Waals surface area contributed by atoms with Gasteiger partial charge in [-0.2, -0.15) is 11.8 Å². The minimum Gasteiger partial charge on any atom is -0.480 e. The summed E-state index contributed by atoms with van der Waals surface area (Å²) in [6.45, 7) is 9.72. The van der Waals surface area contributed by atoms with E-state index >= 15 is 0 Å². The van der Waals surface area contributed by atoms with Crippen molar-refractivity contribution in [2.75, 3.05) is 18.6 Å². The van der Waals surface area contributed by atoms with Crippen molar-refractivity contribution in [3.63, 3.8) is 0 Å². The van der Waals surface area contributed by atoms with Crippen LogP contribution in [0.15, 0.2) is 60.8 Å². The minimum atomic E-state index is -0.972. The first-order valence-electron chi connectivity index (χ1n) is 21.0. The minimum absolute atomic E-state index is 0.0208. The maximum Gasteiger partial charge on any atom is 0.320 e. The molecule has 0 saturated carbocycles. The number of hydrogen-bond donors (Lipinski definition) is 15. The molecule has 22 nitrogen and oxygen atoms in total. The van der Waals surface area contributed by atoms with E-state index in [1.54, 1.807) is 25.6 Å². The number of rotatable bonds is 17. The van der Waals surface area contributed by atoms with Crippen LogP contribution in [0, 0.1) is 11.8 Å². The summed E-state index contributed by atoms with van der Waals surface area (Å²) < 4.78 is 0. The summed E-state index contributed by atoms with van der Waals surface area (Å²) >= 11 is 1.60. The number of carboxylic acid groups (broad SMARTS) is 7. The molecule has 67 heavy (non-hydrogen) atoms. The van der Waals surface area contributed by atoms with E-state index in [0.717, 1.165) is 47.2 Å². The van der Waals surface area contributed by atoms with Gasteiger partial charge in [-0.3, -0.25) is 33.6 Å². The summed E-state index contributed by atoms with van der Waals surface area (Å²) in [6.07, 6.45) is 7.36. The molecule has 380 valence electrons. The van der Waals surface area contributed by atoms with E-state index < -0.39 is 78.0 Å². The molecule has 1 aliphatic heterocycles. The normalized spacial score (nSPS) is 15.0. The molecule has 1 fully saturated rings. The Labute approximate surface area is 395 Å². The van der Waals surface area contributed by atoms with E-state index in [0.29, 0.717) is 31.6 Å². The lowest BCUT2D eigenvalue weighted by Gasteiger charge is -2.07. The Morgan fingerprint density at radius 3 is 1.46 bits per heavy atom. The second-order valence-electron chi connectivity index (χ2n) is 15.7. The molecule has 1 aliphatic rings. The number of nitrogens with two attached hydrogens (primary N) is 6. The summed E-state index contributed by atoms with van der Waals surface area (Å²) in [5, 5.41) is 62.2.